The van der Waals surface area contributed by atoms with Crippen molar-refractivity contribution in [1.29, 1.82) is 0 Å². The van der Waals surface area contributed by atoms with E-state index in [-0.39, 0.29) is 30.7 Å². The maximum Gasteiger partial charge on any atom is 0.315 e. The molecule has 3 N–H and O–H groups in total. The molecule has 0 unspecified atom stereocenters. The van der Waals surface area contributed by atoms with Crippen molar-refractivity contribution in [1.82, 2.24) is 16.0 Å². The molecule has 2 aromatic rings. The van der Waals surface area contributed by atoms with Gasteiger partial charge in [0.2, 0.25) is 11.8 Å². The topological polar surface area (TPSA) is 90.5 Å². The Labute approximate surface area is 168 Å². The number of carbonyl (C=O) groups excluding carboxylic acids is 3. The van der Waals surface area contributed by atoms with Gasteiger partial charge in [0.25, 0.3) is 0 Å². The Balaban J connectivity index is 1.35. The molecule has 0 aromatic heterocycles. The number of nitrogens with zero attached hydrogens (tertiary/aromatic N) is 1. The Hall–Kier alpha value is -3.42. The normalized spacial score (nSPS) is 13.3. The van der Waals surface area contributed by atoms with E-state index in [1.165, 1.54) is 12.1 Å². The number of benzene rings is 2. The minimum atomic E-state index is -0.482. The van der Waals surface area contributed by atoms with Crippen molar-refractivity contribution in [3.05, 3.63) is 65.5 Å². The van der Waals surface area contributed by atoms with Gasteiger partial charge in [-0.25, -0.2) is 9.18 Å². The van der Waals surface area contributed by atoms with E-state index in [0.717, 1.165) is 29.8 Å². The van der Waals surface area contributed by atoms with Gasteiger partial charge in [-0.15, -0.1) is 0 Å². The molecule has 0 bridgehead atoms. The molecule has 1 fully saturated rings. The average molecular weight is 398 g/mol. The van der Waals surface area contributed by atoms with Crippen LogP contribution in [-0.4, -0.2) is 30.9 Å². The number of hydrogen-bond acceptors (Lipinski definition) is 3. The largest absolute Gasteiger partial charge is 0.350 e. The summed E-state index contributed by atoms with van der Waals surface area (Å²) >= 11 is 0. The lowest BCUT2D eigenvalue weighted by Gasteiger charge is -2.16. The summed E-state index contributed by atoms with van der Waals surface area (Å²) in [5, 5.41) is 7.80. The van der Waals surface area contributed by atoms with Crippen LogP contribution in [0.15, 0.2) is 48.5 Å². The van der Waals surface area contributed by atoms with Gasteiger partial charge in [-0.2, -0.15) is 0 Å². The second kappa shape index (κ2) is 9.68. The van der Waals surface area contributed by atoms with Crippen LogP contribution in [0.5, 0.6) is 0 Å². The number of nitrogens with one attached hydrogen (secondary N) is 3. The molecule has 0 saturated carbocycles. The number of carbonyl (C=O) groups is 3. The molecule has 1 heterocycles. The van der Waals surface area contributed by atoms with Gasteiger partial charge in [0, 0.05) is 31.7 Å². The van der Waals surface area contributed by atoms with Crippen molar-refractivity contribution in [2.24, 2.45) is 0 Å². The molecule has 2 aromatic carbocycles. The molecule has 8 heteroatoms. The summed E-state index contributed by atoms with van der Waals surface area (Å²) in [6.45, 7) is 1.14. The lowest BCUT2D eigenvalue weighted by Crippen LogP contribution is -2.41. The summed E-state index contributed by atoms with van der Waals surface area (Å²) in [6, 6.07) is 12.8. The van der Waals surface area contributed by atoms with Crippen LogP contribution in [0.4, 0.5) is 14.9 Å². The van der Waals surface area contributed by atoms with Crippen LogP contribution in [0.2, 0.25) is 0 Å². The van der Waals surface area contributed by atoms with Crippen LogP contribution >= 0.6 is 0 Å². The zero-order chi connectivity index (χ0) is 20.6. The van der Waals surface area contributed by atoms with E-state index in [1.54, 1.807) is 17.0 Å². The van der Waals surface area contributed by atoms with Crippen LogP contribution in [0.25, 0.3) is 0 Å². The average Bonchev–Trinajstić information content (AvgIpc) is 3.16. The van der Waals surface area contributed by atoms with Crippen molar-refractivity contribution in [2.45, 2.75) is 25.9 Å². The second-order valence-corrected chi connectivity index (χ2v) is 6.75. The SMILES string of the molecule is O=C(CNC(=O)NCc1ccc(F)cc1)NCc1ccc(N2CCCC2=O)cc1. The molecule has 0 atom stereocenters. The van der Waals surface area contributed by atoms with Crippen molar-refractivity contribution < 1.29 is 18.8 Å². The Kier molecular flexibility index (Phi) is 6.78. The first-order valence-electron chi connectivity index (χ1n) is 9.43. The van der Waals surface area contributed by atoms with Crippen molar-refractivity contribution >= 4 is 23.5 Å². The summed E-state index contributed by atoms with van der Waals surface area (Å²) in [5.41, 5.74) is 2.52. The molecule has 1 saturated heterocycles. The van der Waals surface area contributed by atoms with Gasteiger partial charge in [0.15, 0.2) is 0 Å². The number of halogens is 1. The maximum absolute atomic E-state index is 12.8. The first kappa shape index (κ1) is 20.3. The maximum atomic E-state index is 12.8. The smallest absolute Gasteiger partial charge is 0.315 e. The van der Waals surface area contributed by atoms with Gasteiger partial charge >= 0.3 is 6.03 Å². The molecule has 152 valence electrons. The molecule has 4 amide bonds. The Bertz CT molecular complexity index is 868. The fourth-order valence-corrected chi connectivity index (χ4v) is 2.99. The van der Waals surface area contributed by atoms with Crippen LogP contribution in [0.3, 0.4) is 0 Å². The van der Waals surface area contributed by atoms with E-state index in [2.05, 4.69) is 16.0 Å². The molecule has 0 radical (unpaired) electrons. The summed E-state index contributed by atoms with van der Waals surface area (Å²) in [6.07, 6.45) is 1.46. The standard InChI is InChI=1S/C21H23FN4O3/c22-17-7-3-15(4-8-17)13-24-21(29)25-14-19(27)23-12-16-5-9-18(10-6-16)26-11-1-2-20(26)28/h3-10H,1-2,11-14H2,(H,23,27)(H2,24,25,29). The first-order valence-corrected chi connectivity index (χ1v) is 9.43. The molecule has 7 nitrogen and oxygen atoms in total. The van der Waals surface area contributed by atoms with Gasteiger partial charge in [-0.05, 0) is 41.8 Å². The fraction of sp³-hybridized carbons (Fsp3) is 0.286. The zero-order valence-electron chi connectivity index (χ0n) is 15.9. The summed E-state index contributed by atoms with van der Waals surface area (Å²) in [7, 11) is 0. The van der Waals surface area contributed by atoms with Crippen molar-refractivity contribution in [2.75, 3.05) is 18.0 Å². The number of urea groups is 1. The van der Waals surface area contributed by atoms with Crippen molar-refractivity contribution in [3.63, 3.8) is 0 Å². The zero-order valence-corrected chi connectivity index (χ0v) is 15.9. The van der Waals surface area contributed by atoms with Crippen LogP contribution in [-0.2, 0) is 22.7 Å². The molecule has 1 aliphatic heterocycles. The Morgan fingerprint density at radius 1 is 0.897 bits per heavy atom. The number of anilines is 1. The highest BCUT2D eigenvalue weighted by Gasteiger charge is 2.21. The Morgan fingerprint density at radius 3 is 2.14 bits per heavy atom. The lowest BCUT2D eigenvalue weighted by atomic mass is 10.2. The first-order chi connectivity index (χ1) is 14.0. The van der Waals surface area contributed by atoms with E-state index in [4.69, 9.17) is 0 Å². The van der Waals surface area contributed by atoms with E-state index in [9.17, 15) is 18.8 Å². The second-order valence-electron chi connectivity index (χ2n) is 6.75. The predicted molar refractivity (Wildman–Crippen MR) is 107 cm³/mol. The van der Waals surface area contributed by atoms with Gasteiger partial charge in [0.05, 0.1) is 6.54 Å². The molecule has 0 aliphatic carbocycles. The molecule has 1 aliphatic rings. The molecule has 29 heavy (non-hydrogen) atoms. The van der Waals surface area contributed by atoms with Gasteiger partial charge in [-0.1, -0.05) is 24.3 Å². The third-order valence-electron chi connectivity index (χ3n) is 4.59. The van der Waals surface area contributed by atoms with E-state index >= 15 is 0 Å². The molecular formula is C21H23FN4O3. The Morgan fingerprint density at radius 2 is 1.52 bits per heavy atom. The highest BCUT2D eigenvalue weighted by atomic mass is 19.1. The molecular weight excluding hydrogens is 375 g/mol. The van der Waals surface area contributed by atoms with Gasteiger partial charge < -0.3 is 20.9 Å². The minimum Gasteiger partial charge on any atom is -0.350 e. The minimum absolute atomic E-state index is 0.134. The van der Waals surface area contributed by atoms with E-state index in [0.29, 0.717) is 13.0 Å². The third-order valence-corrected chi connectivity index (χ3v) is 4.59. The summed E-state index contributed by atoms with van der Waals surface area (Å²) in [5.74, 6) is -0.524. The van der Waals surface area contributed by atoms with Crippen LogP contribution in [0.1, 0.15) is 24.0 Å². The number of hydrogen-bond donors (Lipinski definition) is 3. The quantitative estimate of drug-likeness (QED) is 0.667. The third kappa shape index (κ3) is 6.03. The monoisotopic (exact) mass is 398 g/mol. The molecule has 3 rings (SSSR count). The summed E-state index contributed by atoms with van der Waals surface area (Å²) in [4.78, 5) is 37.2. The fourth-order valence-electron chi connectivity index (χ4n) is 2.99. The molecule has 0 spiro atoms. The van der Waals surface area contributed by atoms with Gasteiger partial charge in [0.1, 0.15) is 5.82 Å². The lowest BCUT2D eigenvalue weighted by molar-refractivity contribution is -0.120. The number of amides is 4. The van der Waals surface area contributed by atoms with Crippen LogP contribution in [0, 0.1) is 5.82 Å². The van der Waals surface area contributed by atoms with Crippen LogP contribution < -0.4 is 20.9 Å². The highest BCUT2D eigenvalue weighted by molar-refractivity contribution is 5.95. The van der Waals surface area contributed by atoms with E-state index < -0.39 is 6.03 Å². The summed E-state index contributed by atoms with van der Waals surface area (Å²) < 4.78 is 12.8. The number of rotatable bonds is 7. The van der Waals surface area contributed by atoms with Crippen molar-refractivity contribution in [3.8, 4) is 0 Å². The predicted octanol–water partition coefficient (Wildman–Crippen LogP) is 2.07. The highest BCUT2D eigenvalue weighted by Crippen LogP contribution is 2.21. The van der Waals surface area contributed by atoms with Gasteiger partial charge in [-0.3, -0.25) is 9.59 Å². The van der Waals surface area contributed by atoms with E-state index in [1.807, 2.05) is 24.3 Å².